The third-order valence-corrected chi connectivity index (χ3v) is 10.6. The fourth-order valence-electron chi connectivity index (χ4n) is 8.40. The molecule has 6 heteroatoms. The number of rotatable bonds is 3. The monoisotopic (exact) mass is 487 g/mol. The highest BCUT2D eigenvalue weighted by Gasteiger charge is 2.61. The fraction of sp³-hybridized carbons (Fsp3) is 0.655. The van der Waals surface area contributed by atoms with Crippen LogP contribution in [0.2, 0.25) is 0 Å². The van der Waals surface area contributed by atoms with Crippen molar-refractivity contribution in [2.75, 3.05) is 0 Å². The first kappa shape index (κ1) is 24.6. The maximum atomic E-state index is 14.3. The molecule has 4 aliphatic rings. The Morgan fingerprint density at radius 2 is 1.69 bits per heavy atom. The van der Waals surface area contributed by atoms with Crippen LogP contribution in [0.5, 0.6) is 0 Å². The van der Waals surface area contributed by atoms with Gasteiger partial charge in [0.2, 0.25) is 5.91 Å². The van der Waals surface area contributed by atoms with Crippen LogP contribution in [0.1, 0.15) is 77.7 Å². The Labute approximate surface area is 205 Å². The van der Waals surface area contributed by atoms with Crippen molar-refractivity contribution in [2.45, 2.75) is 83.9 Å². The lowest BCUT2D eigenvalue weighted by molar-refractivity contribution is -0.199. The molecule has 0 aromatic heterocycles. The lowest BCUT2D eigenvalue weighted by Crippen LogP contribution is -2.57. The third kappa shape index (κ3) is 3.69. The quantitative estimate of drug-likeness (QED) is 0.514. The summed E-state index contributed by atoms with van der Waals surface area (Å²) < 4.78 is 42.8. The maximum Gasteiger partial charge on any atom is 0.415 e. The van der Waals surface area contributed by atoms with E-state index >= 15 is 0 Å². The number of nitrogens with one attached hydrogen (secondary N) is 1. The van der Waals surface area contributed by atoms with E-state index in [1.807, 2.05) is 6.08 Å². The van der Waals surface area contributed by atoms with Crippen LogP contribution in [-0.2, 0) is 15.1 Å². The molecule has 3 nitrogen and oxygen atoms in total. The molecule has 190 valence electrons. The number of benzene rings is 1. The van der Waals surface area contributed by atoms with E-state index in [0.29, 0.717) is 30.6 Å². The minimum atomic E-state index is -4.61. The van der Waals surface area contributed by atoms with E-state index in [1.165, 1.54) is 17.7 Å². The van der Waals surface area contributed by atoms with Crippen LogP contribution in [0.3, 0.4) is 0 Å². The molecule has 1 amide bonds. The van der Waals surface area contributed by atoms with Gasteiger partial charge in [0.05, 0.1) is 0 Å². The van der Waals surface area contributed by atoms with Crippen LogP contribution in [0, 0.1) is 34.5 Å². The van der Waals surface area contributed by atoms with Gasteiger partial charge in [0.15, 0.2) is 11.3 Å². The number of ketones is 1. The molecule has 1 aromatic carbocycles. The van der Waals surface area contributed by atoms with E-state index in [4.69, 9.17) is 0 Å². The summed E-state index contributed by atoms with van der Waals surface area (Å²) in [4.78, 5) is 25.6. The van der Waals surface area contributed by atoms with E-state index < -0.39 is 23.5 Å². The number of amides is 1. The number of fused-ring (bicyclic) bond motifs is 5. The summed E-state index contributed by atoms with van der Waals surface area (Å²) in [5.41, 5.74) is -1.33. The summed E-state index contributed by atoms with van der Waals surface area (Å²) in [5.74, 6) is 0.631. The van der Waals surface area contributed by atoms with Crippen LogP contribution >= 0.6 is 0 Å². The van der Waals surface area contributed by atoms with Gasteiger partial charge < -0.3 is 5.32 Å². The molecule has 3 saturated carbocycles. The van der Waals surface area contributed by atoms with Crippen LogP contribution in [0.15, 0.2) is 42.0 Å². The SMILES string of the molecule is C[C@]12CCC(=O)C=C1CCC1C2CC[C@@]2(C)C1CC[C@@H]2C(=O)N[C@](C)(c1ccccc1)C(F)(F)F. The van der Waals surface area contributed by atoms with Crippen molar-refractivity contribution in [1.29, 1.82) is 0 Å². The Morgan fingerprint density at radius 3 is 2.37 bits per heavy atom. The molecule has 5 rings (SSSR count). The summed E-state index contributed by atoms with van der Waals surface area (Å²) in [5, 5.41) is 2.47. The van der Waals surface area contributed by atoms with Gasteiger partial charge in [-0.1, -0.05) is 49.8 Å². The van der Waals surface area contributed by atoms with E-state index in [1.54, 1.807) is 18.2 Å². The molecular formula is C29H36F3NO2. The molecule has 0 saturated heterocycles. The highest BCUT2D eigenvalue weighted by atomic mass is 19.4. The molecule has 3 fully saturated rings. The maximum absolute atomic E-state index is 14.3. The summed E-state index contributed by atoms with van der Waals surface area (Å²) in [6.07, 6.45) is 4.05. The van der Waals surface area contributed by atoms with Crippen molar-refractivity contribution in [1.82, 2.24) is 5.32 Å². The van der Waals surface area contributed by atoms with Crippen LogP contribution in [0.4, 0.5) is 13.2 Å². The molecule has 0 spiro atoms. The van der Waals surface area contributed by atoms with Crippen molar-refractivity contribution < 1.29 is 22.8 Å². The van der Waals surface area contributed by atoms with Crippen LogP contribution in [-0.4, -0.2) is 17.9 Å². The van der Waals surface area contributed by atoms with Crippen molar-refractivity contribution in [3.05, 3.63) is 47.5 Å². The van der Waals surface area contributed by atoms with Crippen LogP contribution in [0.25, 0.3) is 0 Å². The van der Waals surface area contributed by atoms with Crippen molar-refractivity contribution >= 4 is 11.7 Å². The Hall–Kier alpha value is -2.11. The molecule has 1 N–H and O–H groups in total. The van der Waals surface area contributed by atoms with Gasteiger partial charge >= 0.3 is 6.18 Å². The number of hydrogen-bond donors (Lipinski definition) is 1. The number of carbonyl (C=O) groups is 2. The first-order valence-electron chi connectivity index (χ1n) is 13.1. The Bertz CT molecular complexity index is 1050. The van der Waals surface area contributed by atoms with Crippen molar-refractivity contribution in [3.8, 4) is 0 Å². The molecule has 0 radical (unpaired) electrons. The average Bonchev–Trinajstić information content (AvgIpc) is 3.16. The lowest BCUT2D eigenvalue weighted by Gasteiger charge is -2.58. The van der Waals surface area contributed by atoms with Gasteiger partial charge in [-0.05, 0) is 92.1 Å². The molecule has 35 heavy (non-hydrogen) atoms. The molecule has 0 heterocycles. The molecular weight excluding hydrogens is 451 g/mol. The predicted molar refractivity (Wildman–Crippen MR) is 128 cm³/mol. The Kier molecular flexibility index (Phi) is 5.76. The minimum Gasteiger partial charge on any atom is -0.338 e. The number of halogens is 3. The largest absolute Gasteiger partial charge is 0.415 e. The number of alkyl halides is 3. The van der Waals surface area contributed by atoms with Gasteiger partial charge in [-0.2, -0.15) is 13.2 Å². The summed E-state index contributed by atoms with van der Waals surface area (Å²) in [7, 11) is 0. The molecule has 0 bridgehead atoms. The zero-order valence-electron chi connectivity index (χ0n) is 20.9. The Balaban J connectivity index is 1.39. The number of allylic oxidation sites excluding steroid dienone is 1. The molecule has 3 unspecified atom stereocenters. The summed E-state index contributed by atoms with van der Waals surface area (Å²) in [6.45, 7) is 5.54. The first-order chi connectivity index (χ1) is 16.4. The lowest BCUT2D eigenvalue weighted by atomic mass is 9.47. The fourth-order valence-corrected chi connectivity index (χ4v) is 8.40. The normalized spacial score (nSPS) is 38.5. The standard InChI is InChI=1S/C29H36F3NO2/c1-26-15-13-20(34)17-19(26)9-10-21-22-11-12-24(27(22,2)16-14-23(21)26)25(35)33-28(3,29(30,31)32)18-7-5-4-6-8-18/h4-8,17,21-24H,9-16H2,1-3H3,(H,33,35)/t21?,22?,23?,24-,26+,27+,28-/m1/s1. The van der Waals surface area contributed by atoms with E-state index in [9.17, 15) is 22.8 Å². The smallest absolute Gasteiger partial charge is 0.338 e. The molecule has 0 aliphatic heterocycles. The van der Waals surface area contributed by atoms with Crippen LogP contribution < -0.4 is 5.32 Å². The van der Waals surface area contributed by atoms with Crippen molar-refractivity contribution in [3.63, 3.8) is 0 Å². The molecule has 4 aliphatic carbocycles. The zero-order valence-corrected chi connectivity index (χ0v) is 20.9. The molecule has 7 atom stereocenters. The second-order valence-corrected chi connectivity index (χ2v) is 12.1. The van der Waals surface area contributed by atoms with Gasteiger partial charge in [0, 0.05) is 12.3 Å². The second kappa shape index (κ2) is 8.21. The predicted octanol–water partition coefficient (Wildman–Crippen LogP) is 6.73. The van der Waals surface area contributed by atoms with Crippen molar-refractivity contribution in [2.24, 2.45) is 34.5 Å². The summed E-state index contributed by atoms with van der Waals surface area (Å²) in [6, 6.07) is 7.69. The minimum absolute atomic E-state index is 0.0423. The highest BCUT2D eigenvalue weighted by molar-refractivity contribution is 5.91. The van der Waals surface area contributed by atoms with Gasteiger partial charge in [0.1, 0.15) is 0 Å². The molecule has 1 aromatic rings. The average molecular weight is 488 g/mol. The number of carbonyl (C=O) groups excluding carboxylic acids is 2. The van der Waals surface area contributed by atoms with E-state index in [-0.39, 0.29) is 22.2 Å². The summed E-state index contributed by atoms with van der Waals surface area (Å²) >= 11 is 0. The van der Waals surface area contributed by atoms with Gasteiger partial charge in [-0.25, -0.2) is 0 Å². The second-order valence-electron chi connectivity index (χ2n) is 12.1. The number of hydrogen-bond acceptors (Lipinski definition) is 2. The Morgan fingerprint density at radius 1 is 0.971 bits per heavy atom. The topological polar surface area (TPSA) is 46.2 Å². The van der Waals surface area contributed by atoms with E-state index in [2.05, 4.69) is 19.2 Å². The van der Waals surface area contributed by atoms with Gasteiger partial charge in [-0.15, -0.1) is 0 Å². The zero-order chi connectivity index (χ0) is 25.2. The third-order valence-electron chi connectivity index (χ3n) is 10.6. The van der Waals surface area contributed by atoms with Gasteiger partial charge in [0.25, 0.3) is 0 Å². The van der Waals surface area contributed by atoms with Gasteiger partial charge in [-0.3, -0.25) is 9.59 Å². The first-order valence-corrected chi connectivity index (χ1v) is 13.1. The highest BCUT2D eigenvalue weighted by Crippen LogP contribution is 2.66. The van der Waals surface area contributed by atoms with E-state index in [0.717, 1.165) is 45.4 Å².